The van der Waals surface area contributed by atoms with Crippen molar-refractivity contribution in [3.63, 3.8) is 0 Å². The summed E-state index contributed by atoms with van der Waals surface area (Å²) in [5, 5.41) is 0. The van der Waals surface area contributed by atoms with Crippen molar-refractivity contribution >= 4 is 0 Å². The summed E-state index contributed by atoms with van der Waals surface area (Å²) in [6.45, 7) is 4.20. The van der Waals surface area contributed by atoms with Gasteiger partial charge in [-0.2, -0.15) is 0 Å². The normalized spacial score (nSPS) is 12.9. The lowest BCUT2D eigenvalue weighted by molar-refractivity contribution is 0.602. The van der Waals surface area contributed by atoms with Crippen molar-refractivity contribution in [1.29, 1.82) is 0 Å². The third kappa shape index (κ3) is 2.06. The Bertz CT molecular complexity index is 228. The zero-order chi connectivity index (χ0) is 8.97. The molecule has 66 valence electrons. The van der Waals surface area contributed by atoms with Gasteiger partial charge in [-0.3, -0.25) is 11.3 Å². The Morgan fingerprint density at radius 2 is 1.92 bits per heavy atom. The van der Waals surface area contributed by atoms with Gasteiger partial charge in [-0.25, -0.2) is 0 Å². The van der Waals surface area contributed by atoms with Gasteiger partial charge in [-0.1, -0.05) is 31.2 Å². The number of nitrogens with two attached hydrogens (primary N) is 1. The number of nitrogens with one attached hydrogen (secondary N) is 1. The molecule has 1 unspecified atom stereocenters. The summed E-state index contributed by atoms with van der Waals surface area (Å²) in [5.74, 6) is 5.32. The highest BCUT2D eigenvalue weighted by Crippen LogP contribution is 2.12. The lowest BCUT2D eigenvalue weighted by atomic mass is 10.1. The van der Waals surface area contributed by atoms with Crippen LogP contribution in [0.25, 0.3) is 0 Å². The highest BCUT2D eigenvalue weighted by Gasteiger charge is 2.00. The number of benzene rings is 1. The third-order valence-electron chi connectivity index (χ3n) is 2.14. The SMILES string of the molecule is CCc1ccc(C(C)NN)cc1. The van der Waals surface area contributed by atoms with E-state index in [-0.39, 0.29) is 6.04 Å². The fraction of sp³-hybridized carbons (Fsp3) is 0.400. The van der Waals surface area contributed by atoms with Gasteiger partial charge in [0.1, 0.15) is 0 Å². The molecule has 0 aromatic heterocycles. The minimum absolute atomic E-state index is 0.232. The van der Waals surface area contributed by atoms with Gasteiger partial charge in [0.25, 0.3) is 0 Å². The molecule has 0 aliphatic carbocycles. The van der Waals surface area contributed by atoms with Crippen LogP contribution in [0, 0.1) is 0 Å². The molecule has 0 aliphatic rings. The van der Waals surface area contributed by atoms with Gasteiger partial charge >= 0.3 is 0 Å². The largest absolute Gasteiger partial charge is 0.271 e. The second-order valence-corrected chi connectivity index (χ2v) is 2.98. The zero-order valence-electron chi connectivity index (χ0n) is 7.67. The molecule has 0 saturated heterocycles. The maximum Gasteiger partial charge on any atom is 0.0431 e. The molecule has 3 N–H and O–H groups in total. The first-order valence-corrected chi connectivity index (χ1v) is 4.33. The van der Waals surface area contributed by atoms with Crippen molar-refractivity contribution in [2.45, 2.75) is 26.3 Å². The van der Waals surface area contributed by atoms with Crippen molar-refractivity contribution in [2.75, 3.05) is 0 Å². The highest BCUT2D eigenvalue weighted by atomic mass is 15.2. The quantitative estimate of drug-likeness (QED) is 0.528. The summed E-state index contributed by atoms with van der Waals surface area (Å²) in [7, 11) is 0. The maximum atomic E-state index is 5.32. The molecule has 2 nitrogen and oxygen atoms in total. The molecule has 0 radical (unpaired) electrons. The summed E-state index contributed by atoms with van der Waals surface area (Å²) in [6, 6.07) is 8.75. The van der Waals surface area contributed by atoms with Crippen LogP contribution in [-0.2, 0) is 6.42 Å². The molecule has 1 aromatic rings. The van der Waals surface area contributed by atoms with Gasteiger partial charge in [-0.15, -0.1) is 0 Å². The average molecular weight is 164 g/mol. The average Bonchev–Trinajstić information content (AvgIpc) is 2.17. The summed E-state index contributed by atoms with van der Waals surface area (Å²) in [5.41, 5.74) is 5.31. The van der Waals surface area contributed by atoms with Crippen LogP contribution in [-0.4, -0.2) is 0 Å². The van der Waals surface area contributed by atoms with Crippen molar-refractivity contribution in [2.24, 2.45) is 5.84 Å². The van der Waals surface area contributed by atoms with E-state index in [1.54, 1.807) is 0 Å². The Morgan fingerprint density at radius 3 is 2.33 bits per heavy atom. The van der Waals surface area contributed by atoms with Crippen LogP contribution in [0.15, 0.2) is 24.3 Å². The molecule has 12 heavy (non-hydrogen) atoms. The number of hydrogen-bond donors (Lipinski definition) is 2. The van der Waals surface area contributed by atoms with Crippen molar-refractivity contribution in [3.05, 3.63) is 35.4 Å². The minimum Gasteiger partial charge on any atom is -0.271 e. The molecule has 0 spiro atoms. The van der Waals surface area contributed by atoms with Crippen molar-refractivity contribution in [3.8, 4) is 0 Å². The lowest BCUT2D eigenvalue weighted by Gasteiger charge is -2.10. The molecule has 0 saturated carbocycles. The molecule has 0 amide bonds. The van der Waals surface area contributed by atoms with E-state index in [1.807, 2.05) is 6.92 Å². The molecule has 0 fully saturated rings. The Hall–Kier alpha value is -0.860. The summed E-state index contributed by atoms with van der Waals surface area (Å²) >= 11 is 0. The minimum atomic E-state index is 0.232. The van der Waals surface area contributed by atoms with E-state index in [9.17, 15) is 0 Å². The summed E-state index contributed by atoms with van der Waals surface area (Å²) in [4.78, 5) is 0. The van der Waals surface area contributed by atoms with E-state index in [2.05, 4.69) is 36.6 Å². The predicted molar refractivity (Wildman–Crippen MR) is 51.6 cm³/mol. The van der Waals surface area contributed by atoms with Gasteiger partial charge in [0.15, 0.2) is 0 Å². The van der Waals surface area contributed by atoms with Gasteiger partial charge in [0.2, 0.25) is 0 Å². The van der Waals surface area contributed by atoms with Crippen LogP contribution in [0.2, 0.25) is 0 Å². The van der Waals surface area contributed by atoms with Crippen LogP contribution in [0.5, 0.6) is 0 Å². The van der Waals surface area contributed by atoms with Crippen LogP contribution in [0.3, 0.4) is 0 Å². The van der Waals surface area contributed by atoms with Gasteiger partial charge in [0, 0.05) is 6.04 Å². The van der Waals surface area contributed by atoms with E-state index in [1.165, 1.54) is 11.1 Å². The van der Waals surface area contributed by atoms with Crippen LogP contribution >= 0.6 is 0 Å². The van der Waals surface area contributed by atoms with Gasteiger partial charge < -0.3 is 0 Å². The zero-order valence-corrected chi connectivity index (χ0v) is 7.67. The molecular formula is C10H16N2. The topological polar surface area (TPSA) is 38.0 Å². The fourth-order valence-electron chi connectivity index (χ4n) is 1.14. The summed E-state index contributed by atoms with van der Waals surface area (Å²) < 4.78 is 0. The summed E-state index contributed by atoms with van der Waals surface area (Å²) in [6.07, 6.45) is 1.09. The monoisotopic (exact) mass is 164 g/mol. The Labute approximate surface area is 73.8 Å². The number of aryl methyl sites for hydroxylation is 1. The van der Waals surface area contributed by atoms with E-state index in [4.69, 9.17) is 5.84 Å². The third-order valence-corrected chi connectivity index (χ3v) is 2.14. The van der Waals surface area contributed by atoms with E-state index in [0.717, 1.165) is 6.42 Å². The Morgan fingerprint density at radius 1 is 1.33 bits per heavy atom. The van der Waals surface area contributed by atoms with Crippen molar-refractivity contribution < 1.29 is 0 Å². The number of hydrogen-bond acceptors (Lipinski definition) is 2. The standard InChI is InChI=1S/C10H16N2/c1-3-9-4-6-10(7-5-9)8(2)12-11/h4-8,12H,3,11H2,1-2H3. The first kappa shape index (κ1) is 9.23. The molecule has 1 rings (SSSR count). The maximum absolute atomic E-state index is 5.32. The van der Waals surface area contributed by atoms with E-state index in [0.29, 0.717) is 0 Å². The molecule has 0 heterocycles. The molecule has 0 aliphatic heterocycles. The van der Waals surface area contributed by atoms with Crippen LogP contribution in [0.4, 0.5) is 0 Å². The first-order chi connectivity index (χ1) is 5.77. The Kier molecular flexibility index (Phi) is 3.26. The fourth-order valence-corrected chi connectivity index (χ4v) is 1.14. The van der Waals surface area contributed by atoms with Gasteiger partial charge in [-0.05, 0) is 24.5 Å². The van der Waals surface area contributed by atoms with Crippen LogP contribution < -0.4 is 11.3 Å². The predicted octanol–water partition coefficient (Wildman–Crippen LogP) is 1.77. The van der Waals surface area contributed by atoms with E-state index < -0.39 is 0 Å². The number of hydrazine groups is 1. The molecular weight excluding hydrogens is 148 g/mol. The van der Waals surface area contributed by atoms with E-state index >= 15 is 0 Å². The highest BCUT2D eigenvalue weighted by molar-refractivity contribution is 5.24. The molecule has 2 heteroatoms. The molecule has 1 atom stereocenters. The van der Waals surface area contributed by atoms with Crippen LogP contribution in [0.1, 0.15) is 31.0 Å². The number of rotatable bonds is 3. The molecule has 0 bridgehead atoms. The Balaban J connectivity index is 2.77. The molecule has 1 aromatic carbocycles. The second kappa shape index (κ2) is 4.24. The first-order valence-electron chi connectivity index (χ1n) is 4.33. The second-order valence-electron chi connectivity index (χ2n) is 2.98. The lowest BCUT2D eigenvalue weighted by Crippen LogP contribution is -2.25. The van der Waals surface area contributed by atoms with Gasteiger partial charge in [0.05, 0.1) is 0 Å². The van der Waals surface area contributed by atoms with Crippen molar-refractivity contribution in [1.82, 2.24) is 5.43 Å². The smallest absolute Gasteiger partial charge is 0.0431 e.